The van der Waals surface area contributed by atoms with Gasteiger partial charge in [-0.1, -0.05) is 58.0 Å². The highest BCUT2D eigenvalue weighted by Crippen LogP contribution is 2.41. The average molecular weight is 513 g/mol. The molecule has 2 atom stereocenters. The van der Waals surface area contributed by atoms with E-state index in [-0.39, 0.29) is 29.2 Å². The number of halogens is 1. The van der Waals surface area contributed by atoms with Crippen LogP contribution >= 0.6 is 0 Å². The first-order valence-corrected chi connectivity index (χ1v) is 13.6. The van der Waals surface area contributed by atoms with E-state index in [1.54, 1.807) is 12.1 Å². The summed E-state index contributed by atoms with van der Waals surface area (Å²) in [6.45, 7) is 9.52. The van der Waals surface area contributed by atoms with Crippen LogP contribution in [0.1, 0.15) is 69.2 Å². The van der Waals surface area contributed by atoms with Crippen molar-refractivity contribution in [2.24, 2.45) is 11.3 Å². The molecule has 4 aromatic rings. The summed E-state index contributed by atoms with van der Waals surface area (Å²) in [6, 6.07) is 21.2. The Hall–Kier alpha value is -3.67. The number of fused-ring (bicyclic) bond motifs is 2. The van der Waals surface area contributed by atoms with E-state index in [1.165, 1.54) is 28.8 Å². The first-order valence-electron chi connectivity index (χ1n) is 13.6. The summed E-state index contributed by atoms with van der Waals surface area (Å²) < 4.78 is 15.3. The van der Waals surface area contributed by atoms with Crippen molar-refractivity contribution in [2.45, 2.75) is 58.9 Å². The average Bonchev–Trinajstić information content (AvgIpc) is 3.50. The number of nitrogens with one attached hydrogen (secondary N) is 2. The second-order valence-corrected chi connectivity index (χ2v) is 11.6. The van der Waals surface area contributed by atoms with E-state index in [9.17, 15) is 9.18 Å². The third-order valence-corrected chi connectivity index (χ3v) is 7.86. The molecule has 0 spiro atoms. The smallest absolute Gasteiger partial charge is 0.315 e. The van der Waals surface area contributed by atoms with Gasteiger partial charge in [-0.05, 0) is 89.6 Å². The van der Waals surface area contributed by atoms with Gasteiger partial charge in [0, 0.05) is 11.9 Å². The molecule has 1 aliphatic carbocycles. The lowest BCUT2D eigenvalue weighted by Crippen LogP contribution is -2.43. The van der Waals surface area contributed by atoms with Crippen molar-refractivity contribution >= 4 is 16.9 Å². The Labute approximate surface area is 224 Å². The molecule has 0 saturated carbocycles. The summed E-state index contributed by atoms with van der Waals surface area (Å²) in [7, 11) is 0. The highest BCUT2D eigenvalue weighted by molar-refractivity contribution is 5.81. The molecule has 38 heavy (non-hydrogen) atoms. The van der Waals surface area contributed by atoms with Gasteiger partial charge in [0.15, 0.2) is 0 Å². The Bertz CT molecular complexity index is 1420. The van der Waals surface area contributed by atoms with Gasteiger partial charge >= 0.3 is 6.03 Å². The monoisotopic (exact) mass is 512 g/mol. The minimum atomic E-state index is -0.262. The van der Waals surface area contributed by atoms with Crippen LogP contribution in [-0.2, 0) is 6.42 Å². The van der Waals surface area contributed by atoms with E-state index in [0.717, 1.165) is 35.9 Å². The fourth-order valence-electron chi connectivity index (χ4n) is 5.78. The zero-order valence-electron chi connectivity index (χ0n) is 22.7. The molecule has 2 N–H and O–H groups in total. The standard InChI is InChI=1S/C32H37FN4O/c1-21(2)17-28(23-10-16-30-24(18-23)19-35-37(30)26-13-11-25(33)12-14-26)32(3,4)20-34-31(38)36-29-15-9-22-7-5-6-8-27(22)29/h5-8,10-14,16,18-19,21,28-29H,9,15,17,20H2,1-4H3,(H2,34,36,38). The van der Waals surface area contributed by atoms with E-state index in [0.29, 0.717) is 12.5 Å². The normalized spacial score (nSPS) is 16.0. The van der Waals surface area contributed by atoms with Gasteiger partial charge in [-0.15, -0.1) is 0 Å². The number of nitrogens with zero attached hydrogens (tertiary/aromatic N) is 2. The number of urea groups is 1. The maximum atomic E-state index is 13.4. The molecule has 1 aromatic heterocycles. The molecule has 0 aliphatic heterocycles. The number of carbonyl (C=O) groups is 1. The maximum absolute atomic E-state index is 13.4. The molecule has 0 bridgehead atoms. The highest BCUT2D eigenvalue weighted by atomic mass is 19.1. The molecule has 198 valence electrons. The van der Waals surface area contributed by atoms with Gasteiger partial charge in [0.05, 0.1) is 23.4 Å². The van der Waals surface area contributed by atoms with Gasteiger partial charge in [0.1, 0.15) is 5.82 Å². The lowest BCUT2D eigenvalue weighted by Gasteiger charge is -2.36. The minimum absolute atomic E-state index is 0.0702. The lowest BCUT2D eigenvalue weighted by atomic mass is 9.71. The van der Waals surface area contributed by atoms with Crippen molar-refractivity contribution in [1.82, 2.24) is 20.4 Å². The number of carbonyl (C=O) groups excluding carboxylic acids is 1. The van der Waals surface area contributed by atoms with Crippen molar-refractivity contribution in [3.63, 3.8) is 0 Å². The van der Waals surface area contributed by atoms with Gasteiger partial charge in [-0.2, -0.15) is 5.10 Å². The van der Waals surface area contributed by atoms with Gasteiger partial charge < -0.3 is 10.6 Å². The zero-order valence-corrected chi connectivity index (χ0v) is 22.7. The molecule has 3 aromatic carbocycles. The van der Waals surface area contributed by atoms with E-state index in [2.05, 4.69) is 79.8 Å². The van der Waals surface area contributed by atoms with E-state index in [1.807, 2.05) is 16.9 Å². The fraction of sp³-hybridized carbons (Fsp3) is 0.375. The van der Waals surface area contributed by atoms with Crippen molar-refractivity contribution in [2.75, 3.05) is 6.54 Å². The Kier molecular flexibility index (Phi) is 7.24. The number of aromatic nitrogens is 2. The molecule has 2 amide bonds. The Morgan fingerprint density at radius 2 is 1.87 bits per heavy atom. The first kappa shape index (κ1) is 26.0. The van der Waals surface area contributed by atoms with E-state index in [4.69, 9.17) is 0 Å². The SMILES string of the molecule is CC(C)CC(c1ccc2c(cnn2-c2ccc(F)cc2)c1)C(C)(C)CNC(=O)NC1CCc2ccccc21. The number of rotatable bonds is 8. The van der Waals surface area contributed by atoms with Crippen LogP contribution in [0.4, 0.5) is 9.18 Å². The summed E-state index contributed by atoms with van der Waals surface area (Å²) in [5, 5.41) is 12.0. The van der Waals surface area contributed by atoms with Crippen LogP contribution in [0.5, 0.6) is 0 Å². The summed E-state index contributed by atoms with van der Waals surface area (Å²) in [4.78, 5) is 12.9. The van der Waals surface area contributed by atoms with Crippen molar-refractivity contribution in [1.29, 1.82) is 0 Å². The fourth-order valence-corrected chi connectivity index (χ4v) is 5.78. The van der Waals surface area contributed by atoms with Crippen LogP contribution in [-0.4, -0.2) is 22.4 Å². The molecular weight excluding hydrogens is 475 g/mol. The molecule has 1 aliphatic rings. The first-order chi connectivity index (χ1) is 18.2. The predicted octanol–water partition coefficient (Wildman–Crippen LogP) is 7.31. The highest BCUT2D eigenvalue weighted by Gasteiger charge is 2.33. The van der Waals surface area contributed by atoms with Crippen LogP contribution in [0.15, 0.2) is 72.9 Å². The Morgan fingerprint density at radius 1 is 1.11 bits per heavy atom. The quantitative estimate of drug-likeness (QED) is 0.260. The number of hydrogen-bond acceptors (Lipinski definition) is 2. The molecule has 1 heterocycles. The number of aryl methyl sites for hydroxylation is 1. The zero-order chi connectivity index (χ0) is 26.9. The van der Waals surface area contributed by atoms with Gasteiger partial charge in [0.25, 0.3) is 0 Å². The van der Waals surface area contributed by atoms with Crippen LogP contribution < -0.4 is 10.6 Å². The van der Waals surface area contributed by atoms with Crippen molar-refractivity contribution in [3.05, 3.63) is 95.4 Å². The summed E-state index contributed by atoms with van der Waals surface area (Å²) in [6.07, 6.45) is 4.82. The molecular formula is C32H37FN4O. The second-order valence-electron chi connectivity index (χ2n) is 11.6. The number of hydrogen-bond donors (Lipinski definition) is 2. The largest absolute Gasteiger partial charge is 0.338 e. The Balaban J connectivity index is 1.32. The third-order valence-electron chi connectivity index (χ3n) is 7.86. The Morgan fingerprint density at radius 3 is 2.63 bits per heavy atom. The topological polar surface area (TPSA) is 59.0 Å². The molecule has 5 rings (SSSR count). The van der Waals surface area contributed by atoms with Crippen molar-refractivity contribution < 1.29 is 9.18 Å². The minimum Gasteiger partial charge on any atom is -0.338 e. The molecule has 0 radical (unpaired) electrons. The van der Waals surface area contributed by atoms with Gasteiger partial charge in [0.2, 0.25) is 0 Å². The van der Waals surface area contributed by atoms with Gasteiger partial charge in [-0.25, -0.2) is 13.9 Å². The van der Waals surface area contributed by atoms with Crippen LogP contribution in [0.3, 0.4) is 0 Å². The summed E-state index contributed by atoms with van der Waals surface area (Å²) >= 11 is 0. The van der Waals surface area contributed by atoms with Gasteiger partial charge in [-0.3, -0.25) is 0 Å². The molecule has 0 saturated heterocycles. The van der Waals surface area contributed by atoms with Crippen LogP contribution in [0.2, 0.25) is 0 Å². The lowest BCUT2D eigenvalue weighted by molar-refractivity contribution is 0.215. The maximum Gasteiger partial charge on any atom is 0.315 e. The van der Waals surface area contributed by atoms with Crippen LogP contribution in [0, 0.1) is 17.2 Å². The summed E-state index contributed by atoms with van der Waals surface area (Å²) in [5.41, 5.74) is 5.43. The third kappa shape index (κ3) is 5.45. The number of amides is 2. The van der Waals surface area contributed by atoms with E-state index >= 15 is 0 Å². The molecule has 6 heteroatoms. The van der Waals surface area contributed by atoms with Crippen LogP contribution in [0.25, 0.3) is 16.6 Å². The second kappa shape index (κ2) is 10.6. The molecule has 5 nitrogen and oxygen atoms in total. The molecule has 0 fully saturated rings. The summed E-state index contributed by atoms with van der Waals surface area (Å²) in [5.74, 6) is 0.482. The predicted molar refractivity (Wildman–Crippen MR) is 151 cm³/mol. The van der Waals surface area contributed by atoms with E-state index < -0.39 is 0 Å². The van der Waals surface area contributed by atoms with Crippen molar-refractivity contribution in [3.8, 4) is 5.69 Å². The molecule has 2 unspecified atom stereocenters. The number of benzene rings is 3.